The highest BCUT2D eigenvalue weighted by atomic mass is 32.1. The number of aryl methyl sites for hydroxylation is 1. The summed E-state index contributed by atoms with van der Waals surface area (Å²) in [5.74, 6) is 1.21. The highest BCUT2D eigenvalue weighted by molar-refractivity contribution is 7.10. The average Bonchev–Trinajstić information content (AvgIpc) is 3.03. The van der Waals surface area contributed by atoms with E-state index in [2.05, 4.69) is 5.32 Å². The lowest BCUT2D eigenvalue weighted by molar-refractivity contribution is 0.0951. The number of carbonyl (C=O) groups is 1. The predicted octanol–water partition coefficient (Wildman–Crippen LogP) is 2.72. The van der Waals surface area contributed by atoms with Gasteiger partial charge in [0.2, 0.25) is 6.79 Å². The van der Waals surface area contributed by atoms with E-state index in [-0.39, 0.29) is 12.7 Å². The Hall–Kier alpha value is -2.01. The molecule has 19 heavy (non-hydrogen) atoms. The normalized spacial score (nSPS) is 12.5. The number of benzene rings is 1. The Morgan fingerprint density at radius 1 is 1.32 bits per heavy atom. The van der Waals surface area contributed by atoms with Crippen LogP contribution in [0.5, 0.6) is 11.5 Å². The van der Waals surface area contributed by atoms with Gasteiger partial charge in [0.05, 0.1) is 6.54 Å². The second-order valence-electron chi connectivity index (χ2n) is 4.28. The van der Waals surface area contributed by atoms with Gasteiger partial charge in [0.25, 0.3) is 5.91 Å². The van der Waals surface area contributed by atoms with Crippen LogP contribution in [0.25, 0.3) is 0 Å². The number of thiophene rings is 1. The van der Waals surface area contributed by atoms with E-state index in [0.717, 1.165) is 0 Å². The van der Waals surface area contributed by atoms with E-state index in [1.165, 1.54) is 10.4 Å². The van der Waals surface area contributed by atoms with Gasteiger partial charge in [0.15, 0.2) is 11.5 Å². The fourth-order valence-electron chi connectivity index (χ4n) is 1.89. The van der Waals surface area contributed by atoms with Crippen molar-refractivity contribution in [2.75, 3.05) is 6.79 Å². The number of hydrogen-bond acceptors (Lipinski definition) is 4. The molecule has 0 saturated carbocycles. The summed E-state index contributed by atoms with van der Waals surface area (Å²) >= 11 is 1.65. The lowest BCUT2D eigenvalue weighted by Crippen LogP contribution is -2.22. The maximum absolute atomic E-state index is 12.0. The molecule has 1 aliphatic rings. The molecule has 1 amide bonds. The molecule has 2 heterocycles. The molecule has 0 bridgehead atoms. The van der Waals surface area contributed by atoms with Crippen LogP contribution in [0.4, 0.5) is 0 Å². The molecular weight excluding hydrogens is 262 g/mol. The Balaban J connectivity index is 1.69. The third kappa shape index (κ3) is 2.42. The summed E-state index contributed by atoms with van der Waals surface area (Å²) in [7, 11) is 0. The van der Waals surface area contributed by atoms with E-state index in [0.29, 0.717) is 23.6 Å². The number of amides is 1. The van der Waals surface area contributed by atoms with Crippen LogP contribution in [0, 0.1) is 6.92 Å². The molecule has 1 aromatic carbocycles. The van der Waals surface area contributed by atoms with Gasteiger partial charge in [-0.05, 0) is 42.1 Å². The van der Waals surface area contributed by atoms with Gasteiger partial charge in [-0.2, -0.15) is 0 Å². The van der Waals surface area contributed by atoms with Gasteiger partial charge in [-0.15, -0.1) is 11.3 Å². The van der Waals surface area contributed by atoms with Crippen LogP contribution in [0.1, 0.15) is 20.8 Å². The molecule has 98 valence electrons. The predicted molar refractivity (Wildman–Crippen MR) is 72.8 cm³/mol. The largest absolute Gasteiger partial charge is 0.454 e. The lowest BCUT2D eigenvalue weighted by atomic mass is 10.2. The van der Waals surface area contributed by atoms with Crippen molar-refractivity contribution in [1.29, 1.82) is 0 Å². The van der Waals surface area contributed by atoms with Crippen molar-refractivity contribution in [2.45, 2.75) is 13.5 Å². The summed E-state index contributed by atoms with van der Waals surface area (Å²) in [4.78, 5) is 13.2. The molecule has 1 aliphatic heterocycles. The van der Waals surface area contributed by atoms with Gasteiger partial charge < -0.3 is 14.8 Å². The second-order valence-corrected chi connectivity index (χ2v) is 5.28. The molecule has 1 N–H and O–H groups in total. The Kier molecular flexibility index (Phi) is 3.13. The monoisotopic (exact) mass is 275 g/mol. The molecular formula is C14H13NO3S. The SMILES string of the molecule is Cc1ccsc1CNC(=O)c1ccc2c(c1)OCO2. The van der Waals surface area contributed by atoms with E-state index in [1.807, 2.05) is 18.4 Å². The van der Waals surface area contributed by atoms with Crippen LogP contribution in [0.3, 0.4) is 0 Å². The van der Waals surface area contributed by atoms with E-state index >= 15 is 0 Å². The number of rotatable bonds is 3. The minimum Gasteiger partial charge on any atom is -0.454 e. The number of ether oxygens (including phenoxy) is 2. The zero-order chi connectivity index (χ0) is 13.2. The fourth-order valence-corrected chi connectivity index (χ4v) is 2.73. The summed E-state index contributed by atoms with van der Waals surface area (Å²) in [6, 6.07) is 7.25. The van der Waals surface area contributed by atoms with Gasteiger partial charge in [-0.3, -0.25) is 4.79 Å². The number of carbonyl (C=O) groups excluding carboxylic acids is 1. The van der Waals surface area contributed by atoms with Crippen LogP contribution in [0.15, 0.2) is 29.6 Å². The summed E-state index contributed by atoms with van der Waals surface area (Å²) in [5.41, 5.74) is 1.79. The smallest absolute Gasteiger partial charge is 0.251 e. The minimum atomic E-state index is -0.105. The van der Waals surface area contributed by atoms with Crippen molar-refractivity contribution in [1.82, 2.24) is 5.32 Å². The van der Waals surface area contributed by atoms with Gasteiger partial charge in [-0.1, -0.05) is 0 Å². The molecule has 0 saturated heterocycles. The number of nitrogens with one attached hydrogen (secondary N) is 1. The second kappa shape index (κ2) is 4.93. The summed E-state index contributed by atoms with van der Waals surface area (Å²) in [6.07, 6.45) is 0. The van der Waals surface area contributed by atoms with Crippen molar-refractivity contribution < 1.29 is 14.3 Å². The maximum atomic E-state index is 12.0. The quantitative estimate of drug-likeness (QED) is 0.937. The molecule has 4 nitrogen and oxygen atoms in total. The molecule has 0 aliphatic carbocycles. The molecule has 2 aromatic rings. The van der Waals surface area contributed by atoms with Crippen molar-refractivity contribution >= 4 is 17.2 Å². The first-order valence-electron chi connectivity index (χ1n) is 5.95. The third-order valence-corrected chi connectivity index (χ3v) is 4.04. The highest BCUT2D eigenvalue weighted by Gasteiger charge is 2.16. The zero-order valence-corrected chi connectivity index (χ0v) is 11.3. The third-order valence-electron chi connectivity index (χ3n) is 3.01. The molecule has 0 unspecified atom stereocenters. The molecule has 0 radical (unpaired) electrons. The Morgan fingerprint density at radius 3 is 2.95 bits per heavy atom. The minimum absolute atomic E-state index is 0.105. The first-order chi connectivity index (χ1) is 9.24. The topological polar surface area (TPSA) is 47.6 Å². The van der Waals surface area contributed by atoms with Gasteiger partial charge in [0, 0.05) is 10.4 Å². The molecule has 3 rings (SSSR count). The van der Waals surface area contributed by atoms with Crippen molar-refractivity contribution in [2.24, 2.45) is 0 Å². The summed E-state index contributed by atoms with van der Waals surface area (Å²) < 4.78 is 10.5. The van der Waals surface area contributed by atoms with Crippen molar-refractivity contribution in [3.8, 4) is 11.5 Å². The van der Waals surface area contributed by atoms with Crippen LogP contribution in [0.2, 0.25) is 0 Å². The Bertz CT molecular complexity index is 621. The summed E-state index contributed by atoms with van der Waals surface area (Å²) in [5, 5.41) is 4.93. The average molecular weight is 275 g/mol. The van der Waals surface area contributed by atoms with E-state index < -0.39 is 0 Å². The molecule has 0 atom stereocenters. The first kappa shape index (κ1) is 12.0. The van der Waals surface area contributed by atoms with Crippen molar-refractivity contribution in [3.05, 3.63) is 45.6 Å². The lowest BCUT2D eigenvalue weighted by Gasteiger charge is -2.05. The Labute approximate surface area is 115 Å². The molecule has 5 heteroatoms. The van der Waals surface area contributed by atoms with Gasteiger partial charge in [0.1, 0.15) is 0 Å². The van der Waals surface area contributed by atoms with E-state index in [1.54, 1.807) is 29.5 Å². The van der Waals surface area contributed by atoms with Crippen LogP contribution >= 0.6 is 11.3 Å². The highest BCUT2D eigenvalue weighted by Crippen LogP contribution is 2.32. The molecule has 0 fully saturated rings. The van der Waals surface area contributed by atoms with Crippen LogP contribution in [-0.2, 0) is 6.54 Å². The molecule has 0 spiro atoms. The van der Waals surface area contributed by atoms with Gasteiger partial charge in [-0.25, -0.2) is 0 Å². The Morgan fingerprint density at radius 2 is 2.16 bits per heavy atom. The fraction of sp³-hybridized carbons (Fsp3) is 0.214. The van der Waals surface area contributed by atoms with Crippen LogP contribution < -0.4 is 14.8 Å². The number of hydrogen-bond donors (Lipinski definition) is 1. The van der Waals surface area contributed by atoms with Crippen molar-refractivity contribution in [3.63, 3.8) is 0 Å². The number of fused-ring (bicyclic) bond motifs is 1. The zero-order valence-electron chi connectivity index (χ0n) is 10.4. The molecule has 1 aromatic heterocycles. The van der Waals surface area contributed by atoms with E-state index in [4.69, 9.17) is 9.47 Å². The summed E-state index contributed by atoms with van der Waals surface area (Å²) in [6.45, 7) is 2.81. The first-order valence-corrected chi connectivity index (χ1v) is 6.83. The van der Waals surface area contributed by atoms with E-state index in [9.17, 15) is 4.79 Å². The maximum Gasteiger partial charge on any atom is 0.251 e. The van der Waals surface area contributed by atoms with Crippen LogP contribution in [-0.4, -0.2) is 12.7 Å². The van der Waals surface area contributed by atoms with Gasteiger partial charge >= 0.3 is 0 Å². The standard InChI is InChI=1S/C14H13NO3S/c1-9-4-5-19-13(9)7-15-14(16)10-2-3-11-12(6-10)18-8-17-11/h2-6H,7-8H2,1H3,(H,15,16).